The Hall–Kier alpha value is -2.11. The number of hydrogen-bond acceptors (Lipinski definition) is 3. The van der Waals surface area contributed by atoms with Crippen molar-refractivity contribution in [1.29, 1.82) is 0 Å². The van der Waals surface area contributed by atoms with Crippen LogP contribution in [-0.4, -0.2) is 26.4 Å². The number of methoxy groups -OCH3 is 1. The lowest BCUT2D eigenvalue weighted by molar-refractivity contribution is 0.238. The second-order valence-corrected chi connectivity index (χ2v) is 7.40. The van der Waals surface area contributed by atoms with Crippen LogP contribution in [-0.2, 0) is 14.8 Å². The highest BCUT2D eigenvalue weighted by Crippen LogP contribution is 2.37. The van der Waals surface area contributed by atoms with Crippen molar-refractivity contribution in [2.75, 3.05) is 13.7 Å². The zero-order chi connectivity index (χ0) is 16.4. The summed E-state index contributed by atoms with van der Waals surface area (Å²) in [7, 11) is -2.02. The number of nitrogens with zero attached hydrogens (tertiary/aromatic N) is 1. The lowest BCUT2D eigenvalue weighted by Gasteiger charge is -2.26. The first-order chi connectivity index (χ1) is 11.0. The second kappa shape index (κ2) is 6.18. The number of sulfonamides is 1. The van der Waals surface area contributed by atoms with Gasteiger partial charge in [0.05, 0.1) is 12.0 Å². The Balaban J connectivity index is 2.03. The second-order valence-electron chi connectivity index (χ2n) is 5.51. The molecule has 0 saturated heterocycles. The molecule has 5 heteroatoms. The molecule has 1 unspecified atom stereocenters. The van der Waals surface area contributed by atoms with Crippen LogP contribution in [0.4, 0.5) is 0 Å². The average Bonchev–Trinajstić information content (AvgIpc) is 3.01. The zero-order valence-corrected chi connectivity index (χ0v) is 14.0. The van der Waals surface area contributed by atoms with Gasteiger partial charge in [0, 0.05) is 6.54 Å². The molecule has 120 valence electrons. The predicted molar refractivity (Wildman–Crippen MR) is 89.3 cm³/mol. The molecule has 2 aromatic carbocycles. The van der Waals surface area contributed by atoms with Crippen LogP contribution in [0, 0.1) is 6.92 Å². The van der Waals surface area contributed by atoms with E-state index in [1.54, 1.807) is 19.2 Å². The monoisotopic (exact) mass is 329 g/mol. The highest BCUT2D eigenvalue weighted by Gasteiger charge is 2.38. The lowest BCUT2D eigenvalue weighted by Crippen LogP contribution is -2.32. The van der Waals surface area contributed by atoms with E-state index in [1.165, 1.54) is 4.31 Å². The lowest BCUT2D eigenvalue weighted by atomic mass is 10.1. The van der Waals surface area contributed by atoms with Gasteiger partial charge >= 0.3 is 0 Å². The topological polar surface area (TPSA) is 46.6 Å². The largest absolute Gasteiger partial charge is 0.499 e. The van der Waals surface area contributed by atoms with E-state index in [-0.39, 0.29) is 0 Å². The summed E-state index contributed by atoms with van der Waals surface area (Å²) in [6.45, 7) is 2.24. The minimum atomic E-state index is -3.59. The fraction of sp³-hybridized carbons (Fsp3) is 0.222. The summed E-state index contributed by atoms with van der Waals surface area (Å²) in [4.78, 5) is 0.301. The molecule has 1 aliphatic heterocycles. The maximum absolute atomic E-state index is 13.0. The maximum atomic E-state index is 13.0. The van der Waals surface area contributed by atoms with Gasteiger partial charge in [-0.05, 0) is 30.7 Å². The summed E-state index contributed by atoms with van der Waals surface area (Å²) >= 11 is 0. The van der Waals surface area contributed by atoms with Gasteiger partial charge < -0.3 is 4.74 Å². The van der Waals surface area contributed by atoms with E-state index in [0.717, 1.165) is 11.1 Å². The molecule has 4 nitrogen and oxygen atoms in total. The molecule has 1 atom stereocenters. The van der Waals surface area contributed by atoms with Crippen LogP contribution >= 0.6 is 0 Å². The van der Waals surface area contributed by atoms with E-state index < -0.39 is 16.1 Å². The Morgan fingerprint density at radius 2 is 1.70 bits per heavy atom. The summed E-state index contributed by atoms with van der Waals surface area (Å²) in [6, 6.07) is 16.0. The summed E-state index contributed by atoms with van der Waals surface area (Å²) in [5.74, 6) is 0.659. The molecule has 2 aromatic rings. The van der Waals surface area contributed by atoms with Crippen LogP contribution in [0.1, 0.15) is 17.2 Å². The number of ether oxygens (including phenoxy) is 1. The maximum Gasteiger partial charge on any atom is 0.244 e. The molecule has 0 amide bonds. The third-order valence-electron chi connectivity index (χ3n) is 4.01. The van der Waals surface area contributed by atoms with Gasteiger partial charge in [0.1, 0.15) is 11.8 Å². The van der Waals surface area contributed by atoms with Gasteiger partial charge in [-0.1, -0.05) is 48.0 Å². The number of benzene rings is 2. The molecule has 0 fully saturated rings. The van der Waals surface area contributed by atoms with Crippen molar-refractivity contribution in [3.05, 3.63) is 77.6 Å². The smallest absolute Gasteiger partial charge is 0.244 e. The summed E-state index contributed by atoms with van der Waals surface area (Å²) < 4.78 is 32.9. The van der Waals surface area contributed by atoms with Crippen molar-refractivity contribution in [3.8, 4) is 0 Å². The molecule has 23 heavy (non-hydrogen) atoms. The standard InChI is InChI=1S/C18H19NO3S/c1-14-8-10-16(11-9-14)23(20,21)19-13-12-17(22-2)18(19)15-6-4-3-5-7-15/h3-12,18H,13H2,1-2H3. The van der Waals surface area contributed by atoms with Crippen molar-refractivity contribution in [2.45, 2.75) is 17.9 Å². The molecular weight excluding hydrogens is 310 g/mol. The summed E-state index contributed by atoms with van der Waals surface area (Å²) in [6.07, 6.45) is 1.82. The number of hydrogen-bond donors (Lipinski definition) is 0. The van der Waals surface area contributed by atoms with E-state index in [9.17, 15) is 8.42 Å². The third kappa shape index (κ3) is 2.90. The molecule has 0 radical (unpaired) electrons. The van der Waals surface area contributed by atoms with Gasteiger partial charge in [0.25, 0.3) is 0 Å². The third-order valence-corrected chi connectivity index (χ3v) is 5.85. The quantitative estimate of drug-likeness (QED) is 0.865. The van der Waals surface area contributed by atoms with E-state index in [0.29, 0.717) is 17.2 Å². The van der Waals surface area contributed by atoms with Crippen LogP contribution in [0.15, 0.2) is 71.3 Å². The van der Waals surface area contributed by atoms with Gasteiger partial charge in [-0.15, -0.1) is 0 Å². The molecule has 0 spiro atoms. The van der Waals surface area contributed by atoms with Crippen molar-refractivity contribution < 1.29 is 13.2 Å². The molecule has 1 aliphatic rings. The zero-order valence-electron chi connectivity index (χ0n) is 13.1. The van der Waals surface area contributed by atoms with Crippen molar-refractivity contribution >= 4 is 10.0 Å². The fourth-order valence-electron chi connectivity index (χ4n) is 2.78. The first-order valence-electron chi connectivity index (χ1n) is 7.41. The van der Waals surface area contributed by atoms with Crippen LogP contribution in [0.3, 0.4) is 0 Å². The minimum Gasteiger partial charge on any atom is -0.499 e. The summed E-state index contributed by atoms with van der Waals surface area (Å²) in [5, 5.41) is 0. The first-order valence-corrected chi connectivity index (χ1v) is 8.85. The molecule has 0 N–H and O–H groups in total. The van der Waals surface area contributed by atoms with E-state index >= 15 is 0 Å². The van der Waals surface area contributed by atoms with Crippen molar-refractivity contribution in [2.24, 2.45) is 0 Å². The van der Waals surface area contributed by atoms with E-state index in [1.807, 2.05) is 55.5 Å². The first kappa shape index (κ1) is 15.8. The molecular formula is C18H19NO3S. The van der Waals surface area contributed by atoms with Gasteiger partial charge in [-0.3, -0.25) is 0 Å². The predicted octanol–water partition coefficient (Wildman–Crippen LogP) is 3.27. The molecule has 0 aromatic heterocycles. The average molecular weight is 329 g/mol. The van der Waals surface area contributed by atoms with Crippen LogP contribution < -0.4 is 0 Å². The Kier molecular flexibility index (Phi) is 4.24. The van der Waals surface area contributed by atoms with Gasteiger partial charge in [0.15, 0.2) is 0 Å². The number of aryl methyl sites for hydroxylation is 1. The number of rotatable bonds is 4. The molecule has 1 heterocycles. The fourth-order valence-corrected chi connectivity index (χ4v) is 4.31. The normalized spacial score (nSPS) is 18.7. The van der Waals surface area contributed by atoms with Crippen LogP contribution in [0.25, 0.3) is 0 Å². The molecule has 0 aliphatic carbocycles. The molecule has 0 saturated carbocycles. The van der Waals surface area contributed by atoms with Crippen LogP contribution in [0.2, 0.25) is 0 Å². The van der Waals surface area contributed by atoms with Crippen LogP contribution in [0.5, 0.6) is 0 Å². The molecule has 0 bridgehead atoms. The highest BCUT2D eigenvalue weighted by atomic mass is 32.2. The molecule has 3 rings (SSSR count). The van der Waals surface area contributed by atoms with E-state index in [2.05, 4.69) is 0 Å². The van der Waals surface area contributed by atoms with E-state index in [4.69, 9.17) is 4.74 Å². The van der Waals surface area contributed by atoms with Gasteiger partial charge in [0.2, 0.25) is 10.0 Å². The Bertz CT molecular complexity index is 811. The Labute approximate surface area is 137 Å². The van der Waals surface area contributed by atoms with Crippen molar-refractivity contribution in [3.63, 3.8) is 0 Å². The summed E-state index contributed by atoms with van der Waals surface area (Å²) in [5.41, 5.74) is 1.93. The van der Waals surface area contributed by atoms with Gasteiger partial charge in [-0.25, -0.2) is 8.42 Å². The van der Waals surface area contributed by atoms with Gasteiger partial charge in [-0.2, -0.15) is 4.31 Å². The minimum absolute atomic E-state index is 0.301. The highest BCUT2D eigenvalue weighted by molar-refractivity contribution is 7.89. The SMILES string of the molecule is COC1=CCN(S(=O)(=O)c2ccc(C)cc2)C1c1ccccc1. The Morgan fingerprint density at radius 3 is 2.30 bits per heavy atom. The Morgan fingerprint density at radius 1 is 1.04 bits per heavy atom. The van der Waals surface area contributed by atoms with Crippen molar-refractivity contribution in [1.82, 2.24) is 4.31 Å².